The normalized spacial score (nSPS) is 23.4. The van der Waals surface area contributed by atoms with Crippen LogP contribution in [0.25, 0.3) is 0 Å². The number of nitrogens with one attached hydrogen (secondary N) is 3. The van der Waals surface area contributed by atoms with Crippen molar-refractivity contribution in [3.63, 3.8) is 0 Å². The van der Waals surface area contributed by atoms with Gasteiger partial charge in [-0.1, -0.05) is 27.2 Å². The van der Waals surface area contributed by atoms with Gasteiger partial charge in [0.25, 0.3) is 0 Å². The van der Waals surface area contributed by atoms with Gasteiger partial charge in [-0.2, -0.15) is 0 Å². The predicted octanol–water partition coefficient (Wildman–Crippen LogP) is 1.00. The Morgan fingerprint density at radius 1 is 1.26 bits per heavy atom. The molecule has 7 heteroatoms. The Morgan fingerprint density at radius 3 is 2.57 bits per heavy atom. The van der Waals surface area contributed by atoms with Crippen molar-refractivity contribution in [2.45, 2.75) is 57.7 Å². The lowest BCUT2D eigenvalue weighted by atomic mass is 9.95. The smallest absolute Gasteiger partial charge is 0.222 e. The molecule has 0 saturated heterocycles. The van der Waals surface area contributed by atoms with Crippen molar-refractivity contribution < 1.29 is 9.00 Å². The van der Waals surface area contributed by atoms with Crippen LogP contribution in [0.1, 0.15) is 46.5 Å². The lowest BCUT2D eigenvalue weighted by Crippen LogP contribution is -2.48. The van der Waals surface area contributed by atoms with Crippen molar-refractivity contribution in [2.75, 3.05) is 25.9 Å². The molecule has 1 aliphatic rings. The van der Waals surface area contributed by atoms with Crippen LogP contribution in [0, 0.1) is 5.92 Å². The van der Waals surface area contributed by atoms with Crippen molar-refractivity contribution >= 4 is 22.7 Å². The van der Waals surface area contributed by atoms with E-state index in [1.165, 1.54) is 0 Å². The Labute approximate surface area is 142 Å². The Hall–Kier alpha value is -1.11. The minimum Gasteiger partial charge on any atom is -0.355 e. The van der Waals surface area contributed by atoms with Gasteiger partial charge in [0, 0.05) is 53.9 Å². The van der Waals surface area contributed by atoms with Crippen LogP contribution in [0.4, 0.5) is 0 Å². The summed E-state index contributed by atoms with van der Waals surface area (Å²) in [5, 5.41) is 9.81. The minimum absolute atomic E-state index is 0.00560. The number of guanidine groups is 1. The summed E-state index contributed by atoms with van der Waals surface area (Å²) < 4.78 is 12.0. The predicted molar refractivity (Wildman–Crippen MR) is 97.1 cm³/mol. The third kappa shape index (κ3) is 7.33. The average molecular weight is 345 g/mol. The number of aliphatic imine (C=N–C) groups is 1. The van der Waals surface area contributed by atoms with E-state index in [-0.39, 0.29) is 11.8 Å². The number of amides is 1. The molecule has 1 fully saturated rings. The Bertz CT molecular complexity index is 426. The summed E-state index contributed by atoms with van der Waals surface area (Å²) >= 11 is 0. The van der Waals surface area contributed by atoms with Gasteiger partial charge in [0.05, 0.1) is 0 Å². The van der Waals surface area contributed by atoms with E-state index in [0.717, 1.165) is 37.4 Å². The molecule has 6 nitrogen and oxygen atoms in total. The molecule has 1 amide bonds. The summed E-state index contributed by atoms with van der Waals surface area (Å²) in [7, 11) is 1.03. The van der Waals surface area contributed by atoms with Crippen LogP contribution in [-0.4, -0.2) is 53.3 Å². The highest BCUT2D eigenvalue weighted by Gasteiger charge is 2.25. The third-order valence-electron chi connectivity index (χ3n) is 4.09. The molecule has 0 aromatic heterocycles. The maximum absolute atomic E-state index is 12.0. The second-order valence-electron chi connectivity index (χ2n) is 6.24. The summed E-state index contributed by atoms with van der Waals surface area (Å²) in [6.07, 6.45) is 4.19. The standard InChI is InChI=1S/C16H32N4O2S/c1-5-23(22)14-8-6-7-13(11-14)20-16(17-4)19-10-9-18-15(21)12(2)3/h12-14H,5-11H2,1-4H3,(H,18,21)(H2,17,19,20). The van der Waals surface area contributed by atoms with Gasteiger partial charge in [0.1, 0.15) is 0 Å². The first-order valence-electron chi connectivity index (χ1n) is 8.60. The zero-order chi connectivity index (χ0) is 17.2. The summed E-state index contributed by atoms with van der Waals surface area (Å²) in [6, 6.07) is 0.320. The molecule has 1 aliphatic carbocycles. The van der Waals surface area contributed by atoms with Crippen LogP contribution in [-0.2, 0) is 15.6 Å². The molecule has 0 aromatic rings. The zero-order valence-corrected chi connectivity index (χ0v) is 15.7. The minimum atomic E-state index is -0.715. The van der Waals surface area contributed by atoms with E-state index in [2.05, 4.69) is 20.9 Å². The SMILES string of the molecule is CCS(=O)C1CCCC(NC(=NC)NCCNC(=O)C(C)C)C1. The van der Waals surface area contributed by atoms with Crippen LogP contribution in [0.5, 0.6) is 0 Å². The maximum atomic E-state index is 12.0. The lowest BCUT2D eigenvalue weighted by molar-refractivity contribution is -0.123. The molecule has 134 valence electrons. The summed E-state index contributed by atoms with van der Waals surface area (Å²) in [5.41, 5.74) is 0. The Morgan fingerprint density at radius 2 is 1.96 bits per heavy atom. The zero-order valence-electron chi connectivity index (χ0n) is 14.9. The summed E-state index contributed by atoms with van der Waals surface area (Å²) in [6.45, 7) is 6.95. The first kappa shape index (κ1) is 19.9. The molecule has 3 N–H and O–H groups in total. The van der Waals surface area contributed by atoms with E-state index >= 15 is 0 Å². The van der Waals surface area contributed by atoms with Gasteiger partial charge >= 0.3 is 0 Å². The highest BCUT2D eigenvalue weighted by atomic mass is 32.2. The van der Waals surface area contributed by atoms with E-state index in [1.807, 2.05) is 20.8 Å². The number of hydrogen-bond acceptors (Lipinski definition) is 3. The van der Waals surface area contributed by atoms with Gasteiger partial charge in [-0.05, 0) is 19.3 Å². The third-order valence-corrected chi connectivity index (χ3v) is 5.83. The van der Waals surface area contributed by atoms with E-state index in [1.54, 1.807) is 7.05 Å². The number of hydrogen-bond donors (Lipinski definition) is 3. The fourth-order valence-electron chi connectivity index (χ4n) is 2.71. The summed E-state index contributed by atoms with van der Waals surface area (Å²) in [4.78, 5) is 15.7. The topological polar surface area (TPSA) is 82.6 Å². The van der Waals surface area contributed by atoms with Gasteiger partial charge in [-0.25, -0.2) is 0 Å². The molecule has 0 spiro atoms. The average Bonchev–Trinajstić information content (AvgIpc) is 2.56. The molecule has 0 aliphatic heterocycles. The van der Waals surface area contributed by atoms with Crippen LogP contribution in [0.3, 0.4) is 0 Å². The largest absolute Gasteiger partial charge is 0.355 e. The number of carbonyl (C=O) groups is 1. The highest BCUT2D eigenvalue weighted by molar-refractivity contribution is 7.85. The van der Waals surface area contributed by atoms with Crippen molar-refractivity contribution in [3.05, 3.63) is 0 Å². The molecule has 1 saturated carbocycles. The first-order chi connectivity index (χ1) is 11.0. The van der Waals surface area contributed by atoms with Crippen LogP contribution < -0.4 is 16.0 Å². The van der Waals surface area contributed by atoms with E-state index in [0.29, 0.717) is 24.4 Å². The van der Waals surface area contributed by atoms with E-state index in [9.17, 15) is 9.00 Å². The molecular weight excluding hydrogens is 312 g/mol. The molecule has 23 heavy (non-hydrogen) atoms. The van der Waals surface area contributed by atoms with Gasteiger partial charge < -0.3 is 16.0 Å². The van der Waals surface area contributed by atoms with Crippen molar-refractivity contribution in [1.29, 1.82) is 0 Å². The molecule has 3 atom stereocenters. The van der Waals surface area contributed by atoms with Crippen molar-refractivity contribution in [2.24, 2.45) is 10.9 Å². The molecule has 0 bridgehead atoms. The molecule has 0 radical (unpaired) electrons. The molecule has 0 aromatic carbocycles. The lowest BCUT2D eigenvalue weighted by Gasteiger charge is -2.30. The van der Waals surface area contributed by atoms with Gasteiger partial charge in [-0.3, -0.25) is 14.0 Å². The van der Waals surface area contributed by atoms with Gasteiger partial charge in [0.2, 0.25) is 5.91 Å². The second kappa shape index (κ2) is 10.6. The van der Waals surface area contributed by atoms with Crippen LogP contribution in [0.15, 0.2) is 4.99 Å². The Balaban J connectivity index is 2.33. The van der Waals surface area contributed by atoms with Crippen molar-refractivity contribution in [3.8, 4) is 0 Å². The highest BCUT2D eigenvalue weighted by Crippen LogP contribution is 2.22. The molecular formula is C16H32N4O2S. The monoisotopic (exact) mass is 344 g/mol. The fourth-order valence-corrected chi connectivity index (χ4v) is 4.06. The second-order valence-corrected chi connectivity index (χ2v) is 8.25. The van der Waals surface area contributed by atoms with Crippen molar-refractivity contribution in [1.82, 2.24) is 16.0 Å². The van der Waals surface area contributed by atoms with Gasteiger partial charge in [0.15, 0.2) is 5.96 Å². The van der Waals surface area contributed by atoms with Crippen LogP contribution in [0.2, 0.25) is 0 Å². The molecule has 0 heterocycles. The number of nitrogens with zero attached hydrogens (tertiary/aromatic N) is 1. The first-order valence-corrected chi connectivity index (χ1v) is 9.98. The van der Waals surface area contributed by atoms with E-state index < -0.39 is 10.8 Å². The number of rotatable bonds is 7. The van der Waals surface area contributed by atoms with Crippen LogP contribution >= 0.6 is 0 Å². The Kier molecular flexibility index (Phi) is 9.21. The van der Waals surface area contributed by atoms with Gasteiger partial charge in [-0.15, -0.1) is 0 Å². The quantitative estimate of drug-likeness (QED) is 0.366. The molecule has 1 rings (SSSR count). The fraction of sp³-hybridized carbons (Fsp3) is 0.875. The number of carbonyl (C=O) groups excluding carboxylic acids is 1. The van der Waals surface area contributed by atoms with E-state index in [4.69, 9.17) is 0 Å². The molecule has 3 unspecified atom stereocenters. The maximum Gasteiger partial charge on any atom is 0.222 e. The summed E-state index contributed by atoms with van der Waals surface area (Å²) in [5.74, 6) is 1.55.